The Balaban J connectivity index is 1.38. The van der Waals surface area contributed by atoms with Crippen LogP contribution in [0.25, 0.3) is 0 Å². The lowest BCUT2D eigenvalue weighted by Gasteiger charge is -2.32. The summed E-state index contributed by atoms with van der Waals surface area (Å²) in [6, 6.07) is 14.1. The molecule has 2 aromatic carbocycles. The molecule has 0 unspecified atom stereocenters. The van der Waals surface area contributed by atoms with Crippen LogP contribution < -0.4 is 10.2 Å². The standard InChI is InChI=1S/C23H28ClN3O3S/c24-19-8-10-20(11-9-19)31(29,30)27-16-12-18(13-17-27)23(28)25-21-6-2-3-7-22(21)26-14-4-1-5-15-26/h2-3,6-11,18H,1,4-5,12-17H2,(H,25,28). The first-order valence-electron chi connectivity index (χ1n) is 10.9. The highest BCUT2D eigenvalue weighted by atomic mass is 35.5. The number of nitrogens with one attached hydrogen (secondary N) is 1. The number of benzene rings is 2. The van der Waals surface area contributed by atoms with E-state index in [9.17, 15) is 13.2 Å². The van der Waals surface area contributed by atoms with Crippen LogP contribution in [0.3, 0.4) is 0 Å². The molecule has 0 aliphatic carbocycles. The van der Waals surface area contributed by atoms with Crippen LogP contribution in [0.5, 0.6) is 0 Å². The third-order valence-corrected chi connectivity index (χ3v) is 8.30. The van der Waals surface area contributed by atoms with E-state index in [2.05, 4.69) is 16.3 Å². The first-order chi connectivity index (χ1) is 14.9. The summed E-state index contributed by atoms with van der Waals surface area (Å²) in [7, 11) is -3.57. The second-order valence-electron chi connectivity index (χ2n) is 8.19. The monoisotopic (exact) mass is 461 g/mol. The molecule has 0 spiro atoms. The van der Waals surface area contributed by atoms with Gasteiger partial charge in [-0.3, -0.25) is 4.79 Å². The molecular weight excluding hydrogens is 434 g/mol. The summed E-state index contributed by atoms with van der Waals surface area (Å²) in [6.07, 6.45) is 4.60. The summed E-state index contributed by atoms with van der Waals surface area (Å²) >= 11 is 5.87. The average Bonchev–Trinajstić information content (AvgIpc) is 2.80. The van der Waals surface area contributed by atoms with E-state index >= 15 is 0 Å². The number of anilines is 2. The molecule has 2 aliphatic heterocycles. The van der Waals surface area contributed by atoms with Gasteiger partial charge in [-0.2, -0.15) is 4.31 Å². The third kappa shape index (κ3) is 5.05. The van der Waals surface area contributed by atoms with E-state index < -0.39 is 10.0 Å². The van der Waals surface area contributed by atoms with E-state index in [0.717, 1.165) is 24.5 Å². The lowest BCUT2D eigenvalue weighted by molar-refractivity contribution is -0.120. The van der Waals surface area contributed by atoms with Gasteiger partial charge in [-0.05, 0) is 68.5 Å². The molecule has 2 fully saturated rings. The van der Waals surface area contributed by atoms with Crippen molar-refractivity contribution >= 4 is 38.9 Å². The van der Waals surface area contributed by atoms with Gasteiger partial charge in [0, 0.05) is 37.1 Å². The predicted octanol–water partition coefficient (Wildman–Crippen LogP) is 4.37. The number of carbonyl (C=O) groups excluding carboxylic acids is 1. The fraction of sp³-hybridized carbons (Fsp3) is 0.435. The molecule has 2 aliphatic rings. The lowest BCUT2D eigenvalue weighted by Crippen LogP contribution is -2.41. The van der Waals surface area contributed by atoms with Crippen molar-refractivity contribution in [3.05, 3.63) is 53.6 Å². The van der Waals surface area contributed by atoms with Crippen molar-refractivity contribution in [3.8, 4) is 0 Å². The van der Waals surface area contributed by atoms with Crippen molar-refractivity contribution < 1.29 is 13.2 Å². The van der Waals surface area contributed by atoms with Gasteiger partial charge in [0.15, 0.2) is 0 Å². The van der Waals surface area contributed by atoms with Gasteiger partial charge in [-0.15, -0.1) is 0 Å². The molecule has 1 N–H and O–H groups in total. The van der Waals surface area contributed by atoms with Crippen molar-refractivity contribution in [3.63, 3.8) is 0 Å². The van der Waals surface area contributed by atoms with Gasteiger partial charge in [0.25, 0.3) is 0 Å². The number of hydrogen-bond donors (Lipinski definition) is 1. The highest BCUT2D eigenvalue weighted by molar-refractivity contribution is 7.89. The first-order valence-corrected chi connectivity index (χ1v) is 12.7. The highest BCUT2D eigenvalue weighted by Gasteiger charge is 2.32. The summed E-state index contributed by atoms with van der Waals surface area (Å²) in [5.74, 6) is -0.237. The Morgan fingerprint density at radius 1 is 0.903 bits per heavy atom. The van der Waals surface area contributed by atoms with Crippen molar-refractivity contribution in [1.82, 2.24) is 4.31 Å². The minimum Gasteiger partial charge on any atom is -0.370 e. The molecule has 2 saturated heterocycles. The molecule has 2 aromatic rings. The van der Waals surface area contributed by atoms with Gasteiger partial charge >= 0.3 is 0 Å². The summed E-state index contributed by atoms with van der Waals surface area (Å²) < 4.78 is 27.2. The lowest BCUT2D eigenvalue weighted by atomic mass is 9.97. The van der Waals surface area contributed by atoms with E-state index in [0.29, 0.717) is 31.0 Å². The molecule has 0 saturated carbocycles. The van der Waals surface area contributed by atoms with Crippen LogP contribution in [0.4, 0.5) is 11.4 Å². The van der Waals surface area contributed by atoms with Gasteiger partial charge in [0.2, 0.25) is 15.9 Å². The van der Waals surface area contributed by atoms with E-state index in [4.69, 9.17) is 11.6 Å². The van der Waals surface area contributed by atoms with E-state index in [1.807, 2.05) is 18.2 Å². The van der Waals surface area contributed by atoms with Gasteiger partial charge in [0.05, 0.1) is 16.3 Å². The normalized spacial score (nSPS) is 18.7. The number of halogens is 1. The topological polar surface area (TPSA) is 69.7 Å². The summed E-state index contributed by atoms with van der Waals surface area (Å²) in [5, 5.41) is 3.61. The Kier molecular flexibility index (Phi) is 6.84. The summed E-state index contributed by atoms with van der Waals surface area (Å²) in [4.78, 5) is 15.5. The van der Waals surface area contributed by atoms with Gasteiger partial charge < -0.3 is 10.2 Å². The van der Waals surface area contributed by atoms with Crippen molar-refractivity contribution in [1.29, 1.82) is 0 Å². The van der Waals surface area contributed by atoms with Crippen LogP contribution in [0.1, 0.15) is 32.1 Å². The quantitative estimate of drug-likeness (QED) is 0.717. The molecule has 4 rings (SSSR count). The Morgan fingerprint density at radius 2 is 1.55 bits per heavy atom. The first kappa shape index (κ1) is 22.1. The maximum absolute atomic E-state index is 13.0. The molecule has 6 nitrogen and oxygen atoms in total. The van der Waals surface area contributed by atoms with Gasteiger partial charge in [-0.1, -0.05) is 23.7 Å². The average molecular weight is 462 g/mol. The molecular formula is C23H28ClN3O3S. The van der Waals surface area contributed by atoms with E-state index in [1.54, 1.807) is 12.1 Å². The molecule has 0 aromatic heterocycles. The third-order valence-electron chi connectivity index (χ3n) is 6.13. The molecule has 166 valence electrons. The van der Waals surface area contributed by atoms with Crippen LogP contribution in [0.2, 0.25) is 5.02 Å². The number of hydrogen-bond acceptors (Lipinski definition) is 4. The predicted molar refractivity (Wildman–Crippen MR) is 124 cm³/mol. The maximum atomic E-state index is 13.0. The zero-order valence-corrected chi connectivity index (χ0v) is 19.0. The summed E-state index contributed by atoms with van der Waals surface area (Å²) in [6.45, 7) is 2.68. The van der Waals surface area contributed by atoms with Gasteiger partial charge in [0.1, 0.15) is 0 Å². The Labute approximate surface area is 189 Å². The molecule has 8 heteroatoms. The molecule has 0 atom stereocenters. The van der Waals surface area contributed by atoms with Crippen LogP contribution >= 0.6 is 11.6 Å². The highest BCUT2D eigenvalue weighted by Crippen LogP contribution is 2.30. The van der Waals surface area contributed by atoms with E-state index in [1.165, 1.54) is 35.7 Å². The second-order valence-corrected chi connectivity index (χ2v) is 10.6. The van der Waals surface area contributed by atoms with Crippen molar-refractivity contribution in [2.75, 3.05) is 36.4 Å². The number of carbonyl (C=O) groups is 1. The Bertz CT molecular complexity index is 1010. The number of nitrogens with zero attached hydrogens (tertiary/aromatic N) is 2. The van der Waals surface area contributed by atoms with Gasteiger partial charge in [-0.25, -0.2) is 8.42 Å². The van der Waals surface area contributed by atoms with Crippen LogP contribution in [0, 0.1) is 5.92 Å². The van der Waals surface area contributed by atoms with Crippen molar-refractivity contribution in [2.45, 2.75) is 37.0 Å². The number of sulfonamides is 1. The Morgan fingerprint density at radius 3 is 2.23 bits per heavy atom. The number of amides is 1. The largest absolute Gasteiger partial charge is 0.370 e. The van der Waals surface area contributed by atoms with Crippen LogP contribution in [-0.4, -0.2) is 44.8 Å². The van der Waals surface area contributed by atoms with Crippen molar-refractivity contribution in [2.24, 2.45) is 5.92 Å². The fourth-order valence-electron chi connectivity index (χ4n) is 4.34. The molecule has 31 heavy (non-hydrogen) atoms. The van der Waals surface area contributed by atoms with Crippen LogP contribution in [0.15, 0.2) is 53.4 Å². The second kappa shape index (κ2) is 9.59. The molecule has 1 amide bonds. The minimum atomic E-state index is -3.57. The SMILES string of the molecule is O=C(Nc1ccccc1N1CCCCC1)C1CCN(S(=O)(=O)c2ccc(Cl)cc2)CC1. The Hall–Kier alpha value is -2.09. The smallest absolute Gasteiger partial charge is 0.243 e. The number of piperidine rings is 2. The molecule has 2 heterocycles. The zero-order valence-electron chi connectivity index (χ0n) is 17.5. The summed E-state index contributed by atoms with van der Waals surface area (Å²) in [5.41, 5.74) is 1.91. The fourth-order valence-corrected chi connectivity index (χ4v) is 5.93. The molecule has 0 bridgehead atoms. The zero-order chi connectivity index (χ0) is 21.8. The number of para-hydroxylation sites is 2. The van der Waals surface area contributed by atoms with Crippen LogP contribution in [-0.2, 0) is 14.8 Å². The van der Waals surface area contributed by atoms with E-state index in [-0.39, 0.29) is 16.7 Å². The minimum absolute atomic E-state index is 0.0343. The number of rotatable bonds is 5. The molecule has 0 radical (unpaired) electrons. The maximum Gasteiger partial charge on any atom is 0.243 e.